The number of rotatable bonds is 3. The zero-order chi connectivity index (χ0) is 8.27. The molecule has 0 aliphatic carbocycles. The molecule has 11 heavy (non-hydrogen) atoms. The molecule has 0 saturated carbocycles. The summed E-state index contributed by atoms with van der Waals surface area (Å²) in [5.74, 6) is 0.727. The number of hydrogen-bond donors (Lipinski definition) is 1. The molecule has 0 radical (unpaired) electrons. The van der Waals surface area contributed by atoms with Gasteiger partial charge in [0.25, 0.3) is 0 Å². The summed E-state index contributed by atoms with van der Waals surface area (Å²) in [5, 5.41) is 3.34. The van der Waals surface area contributed by atoms with Gasteiger partial charge in [-0.25, -0.2) is 0 Å². The van der Waals surface area contributed by atoms with E-state index >= 15 is 0 Å². The second kappa shape index (κ2) is 4.07. The fourth-order valence-electron chi connectivity index (χ4n) is 2.00. The summed E-state index contributed by atoms with van der Waals surface area (Å²) >= 11 is 0. The third-order valence-corrected chi connectivity index (χ3v) is 2.76. The zero-order valence-corrected chi connectivity index (χ0v) is 7.76. The molecule has 3 unspecified atom stereocenters. The first-order valence-electron chi connectivity index (χ1n) is 4.58. The second-order valence-corrected chi connectivity index (χ2v) is 3.33. The van der Waals surface area contributed by atoms with Crippen molar-refractivity contribution >= 4 is 0 Å². The molecule has 2 nitrogen and oxygen atoms in total. The molecule has 1 rings (SSSR count). The summed E-state index contributed by atoms with van der Waals surface area (Å²) in [4.78, 5) is 0. The van der Waals surface area contributed by atoms with Crippen molar-refractivity contribution in [3.05, 3.63) is 0 Å². The Bertz CT molecular complexity index is 112. The molecule has 1 aliphatic rings. The minimum atomic E-state index is 0.451. The van der Waals surface area contributed by atoms with Gasteiger partial charge in [-0.3, -0.25) is 0 Å². The Morgan fingerprint density at radius 3 is 2.73 bits per heavy atom. The molecule has 0 bridgehead atoms. The van der Waals surface area contributed by atoms with Gasteiger partial charge in [0, 0.05) is 18.6 Å². The Kier molecular flexibility index (Phi) is 3.34. The average molecular weight is 157 g/mol. The Morgan fingerprint density at radius 2 is 2.36 bits per heavy atom. The van der Waals surface area contributed by atoms with Crippen molar-refractivity contribution in [1.82, 2.24) is 5.32 Å². The predicted octanol–water partition coefficient (Wildman–Crippen LogP) is 1.41. The lowest BCUT2D eigenvalue weighted by atomic mass is 9.92. The summed E-state index contributed by atoms with van der Waals surface area (Å²) < 4.78 is 5.51. The quantitative estimate of drug-likeness (QED) is 0.669. The van der Waals surface area contributed by atoms with Crippen LogP contribution in [-0.4, -0.2) is 25.8 Å². The van der Waals surface area contributed by atoms with Crippen LogP contribution in [-0.2, 0) is 4.74 Å². The van der Waals surface area contributed by atoms with Crippen molar-refractivity contribution in [2.24, 2.45) is 5.92 Å². The molecule has 1 saturated heterocycles. The lowest BCUT2D eigenvalue weighted by molar-refractivity contribution is 0.0958. The van der Waals surface area contributed by atoms with Gasteiger partial charge in [-0.05, 0) is 26.8 Å². The number of nitrogens with one attached hydrogen (secondary N) is 1. The van der Waals surface area contributed by atoms with Crippen LogP contribution in [0.25, 0.3) is 0 Å². The fraction of sp³-hybridized carbons (Fsp3) is 1.00. The predicted molar refractivity (Wildman–Crippen MR) is 46.7 cm³/mol. The molecule has 2 heteroatoms. The van der Waals surface area contributed by atoms with Crippen LogP contribution < -0.4 is 5.32 Å². The summed E-state index contributed by atoms with van der Waals surface area (Å²) in [6, 6.07) is 0.646. The van der Waals surface area contributed by atoms with Gasteiger partial charge in [0.2, 0.25) is 0 Å². The van der Waals surface area contributed by atoms with Gasteiger partial charge in [-0.1, -0.05) is 6.92 Å². The molecule has 66 valence electrons. The lowest BCUT2D eigenvalue weighted by Crippen LogP contribution is -2.36. The number of ether oxygens (including phenoxy) is 1. The van der Waals surface area contributed by atoms with Crippen LogP contribution in [0, 0.1) is 5.92 Å². The van der Waals surface area contributed by atoms with Crippen molar-refractivity contribution in [3.8, 4) is 0 Å². The van der Waals surface area contributed by atoms with E-state index in [1.807, 2.05) is 7.05 Å². The lowest BCUT2D eigenvalue weighted by Gasteiger charge is -2.23. The van der Waals surface area contributed by atoms with Crippen LogP contribution >= 0.6 is 0 Å². The molecular weight excluding hydrogens is 138 g/mol. The minimum absolute atomic E-state index is 0.451. The highest BCUT2D eigenvalue weighted by molar-refractivity contribution is 4.82. The molecule has 0 aromatic heterocycles. The summed E-state index contributed by atoms with van der Waals surface area (Å²) in [6.45, 7) is 5.36. The molecule has 0 amide bonds. The maximum absolute atomic E-state index is 5.51. The topological polar surface area (TPSA) is 21.3 Å². The van der Waals surface area contributed by atoms with E-state index in [1.54, 1.807) is 0 Å². The van der Waals surface area contributed by atoms with Crippen LogP contribution in [0.15, 0.2) is 0 Å². The standard InChI is InChI=1S/C9H19NO/c1-4-9(10-3)8-5-6-11-7(8)2/h7-10H,4-6H2,1-3H3. The van der Waals surface area contributed by atoms with Crippen molar-refractivity contribution in [3.63, 3.8) is 0 Å². The first kappa shape index (κ1) is 9.01. The summed E-state index contributed by atoms with van der Waals surface area (Å²) in [5.41, 5.74) is 0. The Hall–Kier alpha value is -0.0800. The van der Waals surface area contributed by atoms with Gasteiger partial charge < -0.3 is 10.1 Å². The zero-order valence-electron chi connectivity index (χ0n) is 7.76. The van der Waals surface area contributed by atoms with Crippen LogP contribution in [0.3, 0.4) is 0 Å². The van der Waals surface area contributed by atoms with E-state index in [2.05, 4.69) is 19.2 Å². The molecule has 0 spiro atoms. The van der Waals surface area contributed by atoms with E-state index in [0.717, 1.165) is 12.5 Å². The van der Waals surface area contributed by atoms with E-state index in [0.29, 0.717) is 12.1 Å². The molecule has 1 fully saturated rings. The van der Waals surface area contributed by atoms with E-state index in [9.17, 15) is 0 Å². The fourth-order valence-corrected chi connectivity index (χ4v) is 2.00. The maximum atomic E-state index is 5.51. The van der Waals surface area contributed by atoms with Crippen molar-refractivity contribution < 1.29 is 4.74 Å². The van der Waals surface area contributed by atoms with E-state index in [1.165, 1.54) is 12.8 Å². The van der Waals surface area contributed by atoms with Crippen LogP contribution in [0.1, 0.15) is 26.7 Å². The highest BCUT2D eigenvalue weighted by atomic mass is 16.5. The summed E-state index contributed by atoms with van der Waals surface area (Å²) in [7, 11) is 2.04. The van der Waals surface area contributed by atoms with Crippen molar-refractivity contribution in [2.45, 2.75) is 38.8 Å². The monoisotopic (exact) mass is 157 g/mol. The molecule has 0 aromatic rings. The molecule has 0 aromatic carbocycles. The SMILES string of the molecule is CCC(NC)C1CCOC1C. The third kappa shape index (κ3) is 1.94. The first-order valence-corrected chi connectivity index (χ1v) is 4.58. The highest BCUT2D eigenvalue weighted by Gasteiger charge is 2.29. The van der Waals surface area contributed by atoms with Gasteiger partial charge in [-0.15, -0.1) is 0 Å². The van der Waals surface area contributed by atoms with Gasteiger partial charge >= 0.3 is 0 Å². The normalized spacial score (nSPS) is 34.1. The Balaban J connectivity index is 2.43. The van der Waals surface area contributed by atoms with E-state index < -0.39 is 0 Å². The van der Waals surface area contributed by atoms with Crippen LogP contribution in [0.4, 0.5) is 0 Å². The third-order valence-electron chi connectivity index (χ3n) is 2.76. The molecule has 1 N–H and O–H groups in total. The number of hydrogen-bond acceptors (Lipinski definition) is 2. The Morgan fingerprint density at radius 1 is 1.64 bits per heavy atom. The average Bonchev–Trinajstić information content (AvgIpc) is 2.40. The first-order chi connectivity index (χ1) is 5.29. The minimum Gasteiger partial charge on any atom is -0.378 e. The van der Waals surface area contributed by atoms with Crippen molar-refractivity contribution in [2.75, 3.05) is 13.7 Å². The van der Waals surface area contributed by atoms with Crippen LogP contribution in [0.2, 0.25) is 0 Å². The van der Waals surface area contributed by atoms with Crippen LogP contribution in [0.5, 0.6) is 0 Å². The van der Waals surface area contributed by atoms with E-state index in [4.69, 9.17) is 4.74 Å². The van der Waals surface area contributed by atoms with Gasteiger partial charge in [-0.2, -0.15) is 0 Å². The van der Waals surface area contributed by atoms with Crippen molar-refractivity contribution in [1.29, 1.82) is 0 Å². The summed E-state index contributed by atoms with van der Waals surface area (Å²) in [6.07, 6.45) is 2.88. The van der Waals surface area contributed by atoms with Gasteiger partial charge in [0.05, 0.1) is 6.10 Å². The molecule has 1 heterocycles. The largest absolute Gasteiger partial charge is 0.378 e. The molecular formula is C9H19NO. The van der Waals surface area contributed by atoms with Gasteiger partial charge in [0.15, 0.2) is 0 Å². The van der Waals surface area contributed by atoms with E-state index in [-0.39, 0.29) is 0 Å². The maximum Gasteiger partial charge on any atom is 0.0590 e. The molecule has 3 atom stereocenters. The smallest absolute Gasteiger partial charge is 0.0590 e. The second-order valence-electron chi connectivity index (χ2n) is 3.33. The molecule has 1 aliphatic heterocycles. The highest BCUT2D eigenvalue weighted by Crippen LogP contribution is 2.24. The van der Waals surface area contributed by atoms with Gasteiger partial charge in [0.1, 0.15) is 0 Å². The Labute approximate surface area is 69.3 Å².